The van der Waals surface area contributed by atoms with E-state index in [9.17, 15) is 0 Å². The van der Waals surface area contributed by atoms with Crippen molar-refractivity contribution in [3.05, 3.63) is 42.5 Å². The molecule has 66 valence electrons. The fourth-order valence-electron chi connectivity index (χ4n) is 1.84. The van der Waals surface area contributed by atoms with Crippen LogP contribution in [0.3, 0.4) is 0 Å². The van der Waals surface area contributed by atoms with Gasteiger partial charge in [-0.05, 0) is 12.1 Å². The van der Waals surface area contributed by atoms with Crippen LogP contribution in [-0.2, 0) is 0 Å². The molecule has 0 N–H and O–H groups in total. The van der Waals surface area contributed by atoms with Crippen molar-refractivity contribution in [1.29, 1.82) is 0 Å². The molecule has 1 nitrogen and oxygen atoms in total. The molecule has 0 aliphatic rings. The summed E-state index contributed by atoms with van der Waals surface area (Å²) < 4.78 is 5.71. The lowest BCUT2D eigenvalue weighted by molar-refractivity contribution is 0.669. The van der Waals surface area contributed by atoms with E-state index in [1.54, 1.807) is 0 Å². The minimum atomic E-state index is 0.966. The average molecular weight is 180 g/mol. The van der Waals surface area contributed by atoms with Gasteiger partial charge in [-0.2, -0.15) is 0 Å². The molecule has 0 aliphatic heterocycles. The smallest absolute Gasteiger partial charge is 0.139 e. The van der Waals surface area contributed by atoms with Crippen molar-refractivity contribution in [2.45, 2.75) is 0 Å². The minimum Gasteiger partial charge on any atom is -0.456 e. The topological polar surface area (TPSA) is 13.1 Å². The van der Waals surface area contributed by atoms with Crippen molar-refractivity contribution < 1.29 is 4.42 Å². The van der Waals surface area contributed by atoms with E-state index >= 15 is 0 Å². The fraction of sp³-hybridized carbons (Fsp3) is 0. The highest BCUT2D eigenvalue weighted by molar-refractivity contribution is 6.33. The summed E-state index contributed by atoms with van der Waals surface area (Å²) in [5, 5.41) is 2.41. The third-order valence-corrected chi connectivity index (χ3v) is 2.53. The zero-order valence-corrected chi connectivity index (χ0v) is 7.95. The summed E-state index contributed by atoms with van der Waals surface area (Å²) in [7, 11) is 2.10. The Hall–Kier alpha value is -1.70. The van der Waals surface area contributed by atoms with E-state index < -0.39 is 0 Å². The van der Waals surface area contributed by atoms with Crippen LogP contribution < -0.4 is 5.46 Å². The average Bonchev–Trinajstić information content (AvgIpc) is 2.56. The van der Waals surface area contributed by atoms with E-state index in [4.69, 9.17) is 4.42 Å². The van der Waals surface area contributed by atoms with Gasteiger partial charge >= 0.3 is 0 Å². The van der Waals surface area contributed by atoms with Gasteiger partial charge in [-0.1, -0.05) is 35.8 Å². The Morgan fingerprint density at radius 3 is 2.57 bits per heavy atom. The first-order chi connectivity index (χ1) is 6.84. The Morgan fingerprint density at radius 1 is 0.857 bits per heavy atom. The van der Waals surface area contributed by atoms with Crippen molar-refractivity contribution in [1.82, 2.24) is 0 Å². The standard InChI is InChI=1S/C12H9BO/c13-8-5-6-12-10(7-8)9-3-1-2-4-11(9)14-12/h1-7H,13H2. The zero-order valence-electron chi connectivity index (χ0n) is 7.95. The fourth-order valence-corrected chi connectivity index (χ4v) is 1.84. The third-order valence-electron chi connectivity index (χ3n) is 2.53. The van der Waals surface area contributed by atoms with Crippen molar-refractivity contribution in [3.63, 3.8) is 0 Å². The van der Waals surface area contributed by atoms with Crippen LogP contribution in [0.25, 0.3) is 21.9 Å². The van der Waals surface area contributed by atoms with Crippen LogP contribution in [-0.4, -0.2) is 7.85 Å². The molecule has 0 unspecified atom stereocenters. The highest BCUT2D eigenvalue weighted by Crippen LogP contribution is 2.26. The first kappa shape index (κ1) is 7.68. The molecule has 0 saturated heterocycles. The molecule has 2 heteroatoms. The predicted molar refractivity (Wildman–Crippen MR) is 61.9 cm³/mol. The van der Waals surface area contributed by atoms with Gasteiger partial charge in [-0.25, -0.2) is 0 Å². The number of hydrogen-bond acceptors (Lipinski definition) is 1. The molecule has 1 aromatic heterocycles. The number of rotatable bonds is 0. The van der Waals surface area contributed by atoms with Crippen molar-refractivity contribution >= 4 is 35.2 Å². The quantitative estimate of drug-likeness (QED) is 0.481. The Morgan fingerprint density at radius 2 is 1.64 bits per heavy atom. The number of furan rings is 1. The maximum absolute atomic E-state index is 5.71. The second-order valence-electron chi connectivity index (χ2n) is 3.60. The second kappa shape index (κ2) is 2.64. The van der Waals surface area contributed by atoms with Gasteiger partial charge in [0.1, 0.15) is 19.0 Å². The predicted octanol–water partition coefficient (Wildman–Crippen LogP) is 1.84. The molecule has 0 saturated carbocycles. The van der Waals surface area contributed by atoms with E-state index in [0.717, 1.165) is 11.2 Å². The third kappa shape index (κ3) is 0.972. The second-order valence-corrected chi connectivity index (χ2v) is 3.60. The summed E-state index contributed by atoms with van der Waals surface area (Å²) >= 11 is 0. The SMILES string of the molecule is Bc1ccc2oc3ccccc3c2c1. The molecule has 0 bridgehead atoms. The monoisotopic (exact) mass is 180 g/mol. The van der Waals surface area contributed by atoms with Gasteiger partial charge in [-0.3, -0.25) is 0 Å². The van der Waals surface area contributed by atoms with Crippen molar-refractivity contribution in [3.8, 4) is 0 Å². The largest absolute Gasteiger partial charge is 0.456 e. The molecule has 0 spiro atoms. The highest BCUT2D eigenvalue weighted by Gasteiger charge is 2.04. The first-order valence-electron chi connectivity index (χ1n) is 4.72. The molecule has 0 fully saturated rings. The molecule has 0 aliphatic carbocycles. The van der Waals surface area contributed by atoms with Gasteiger partial charge in [0.25, 0.3) is 0 Å². The van der Waals surface area contributed by atoms with E-state index in [1.807, 2.05) is 24.3 Å². The molecule has 3 aromatic rings. The van der Waals surface area contributed by atoms with Gasteiger partial charge in [0, 0.05) is 10.8 Å². The maximum atomic E-state index is 5.71. The van der Waals surface area contributed by atoms with Crippen LogP contribution >= 0.6 is 0 Å². The number of para-hydroxylation sites is 1. The lowest BCUT2D eigenvalue weighted by atomic mass is 9.94. The van der Waals surface area contributed by atoms with Gasteiger partial charge < -0.3 is 4.42 Å². The molecule has 1 heterocycles. The van der Waals surface area contributed by atoms with Crippen LogP contribution in [0.15, 0.2) is 46.9 Å². The van der Waals surface area contributed by atoms with Crippen LogP contribution in [0.4, 0.5) is 0 Å². The zero-order chi connectivity index (χ0) is 9.54. The van der Waals surface area contributed by atoms with Gasteiger partial charge in [0.15, 0.2) is 0 Å². The van der Waals surface area contributed by atoms with E-state index in [1.165, 1.54) is 16.2 Å². The summed E-state index contributed by atoms with van der Waals surface area (Å²) in [6.07, 6.45) is 0. The normalized spacial score (nSPS) is 11.1. The summed E-state index contributed by atoms with van der Waals surface area (Å²) in [4.78, 5) is 0. The van der Waals surface area contributed by atoms with Gasteiger partial charge in [0.05, 0.1) is 0 Å². The molecule has 3 rings (SSSR count). The van der Waals surface area contributed by atoms with E-state index in [0.29, 0.717) is 0 Å². The summed E-state index contributed by atoms with van der Waals surface area (Å²) in [6.45, 7) is 0. The van der Waals surface area contributed by atoms with E-state index in [2.05, 4.69) is 26.0 Å². The lowest BCUT2D eigenvalue weighted by Gasteiger charge is -1.90. The van der Waals surface area contributed by atoms with Gasteiger partial charge in [0.2, 0.25) is 0 Å². The summed E-state index contributed by atoms with van der Waals surface area (Å²) in [5.41, 5.74) is 3.20. The molecular weight excluding hydrogens is 171 g/mol. The molecule has 0 atom stereocenters. The summed E-state index contributed by atoms with van der Waals surface area (Å²) in [6, 6.07) is 14.4. The van der Waals surface area contributed by atoms with Crippen molar-refractivity contribution in [2.24, 2.45) is 0 Å². The molecule has 14 heavy (non-hydrogen) atoms. The minimum absolute atomic E-state index is 0.966. The Balaban J connectivity index is 2.58. The number of hydrogen-bond donors (Lipinski definition) is 0. The lowest BCUT2D eigenvalue weighted by Crippen LogP contribution is -1.98. The number of fused-ring (bicyclic) bond motifs is 3. The highest BCUT2D eigenvalue weighted by atomic mass is 16.3. The van der Waals surface area contributed by atoms with Crippen LogP contribution in [0.2, 0.25) is 0 Å². The van der Waals surface area contributed by atoms with Crippen LogP contribution in [0.5, 0.6) is 0 Å². The molecule has 0 radical (unpaired) electrons. The van der Waals surface area contributed by atoms with Crippen LogP contribution in [0, 0.1) is 0 Å². The Kier molecular flexibility index (Phi) is 1.45. The maximum Gasteiger partial charge on any atom is 0.139 e. The number of benzene rings is 2. The Bertz CT molecular complexity index is 610. The summed E-state index contributed by atoms with van der Waals surface area (Å²) in [5.74, 6) is 0. The Labute approximate surface area is 82.7 Å². The molecule has 0 amide bonds. The van der Waals surface area contributed by atoms with E-state index in [-0.39, 0.29) is 0 Å². The van der Waals surface area contributed by atoms with Crippen molar-refractivity contribution in [2.75, 3.05) is 0 Å². The first-order valence-corrected chi connectivity index (χ1v) is 4.72. The molecule has 2 aromatic carbocycles. The molecular formula is C12H9BO. The van der Waals surface area contributed by atoms with Crippen LogP contribution in [0.1, 0.15) is 0 Å². The van der Waals surface area contributed by atoms with Gasteiger partial charge in [-0.15, -0.1) is 0 Å².